The second-order valence-electron chi connectivity index (χ2n) is 5.19. The Labute approximate surface area is 123 Å². The van der Waals surface area contributed by atoms with Crippen LogP contribution in [0.2, 0.25) is 0 Å². The highest BCUT2D eigenvalue weighted by Gasteiger charge is 2.29. The van der Waals surface area contributed by atoms with Crippen molar-refractivity contribution < 1.29 is 17.7 Å². The molecule has 1 atom stereocenters. The maximum Gasteiger partial charge on any atom is 0.227 e. The van der Waals surface area contributed by atoms with E-state index >= 15 is 0 Å². The van der Waals surface area contributed by atoms with Gasteiger partial charge in [-0.2, -0.15) is 4.98 Å². The quantitative estimate of drug-likeness (QED) is 0.855. The van der Waals surface area contributed by atoms with Crippen LogP contribution in [0.15, 0.2) is 28.8 Å². The Morgan fingerprint density at radius 2 is 2.19 bits per heavy atom. The van der Waals surface area contributed by atoms with E-state index in [0.717, 1.165) is 5.56 Å². The van der Waals surface area contributed by atoms with E-state index in [-0.39, 0.29) is 17.4 Å². The SMILES string of the molecule is COc1ccccc1-c1noc(C[C@H]2CCS(=O)(=O)C2)n1. The van der Waals surface area contributed by atoms with Crippen molar-refractivity contribution in [2.75, 3.05) is 18.6 Å². The highest BCUT2D eigenvalue weighted by Crippen LogP contribution is 2.28. The first-order valence-electron chi connectivity index (χ1n) is 6.74. The zero-order chi connectivity index (χ0) is 14.9. The van der Waals surface area contributed by atoms with Crippen LogP contribution < -0.4 is 4.74 Å². The summed E-state index contributed by atoms with van der Waals surface area (Å²) in [5.74, 6) is 2.14. The van der Waals surface area contributed by atoms with Gasteiger partial charge in [0, 0.05) is 6.42 Å². The first kappa shape index (κ1) is 14.1. The van der Waals surface area contributed by atoms with Gasteiger partial charge in [0.15, 0.2) is 9.84 Å². The summed E-state index contributed by atoms with van der Waals surface area (Å²) in [5.41, 5.74) is 0.758. The molecule has 0 radical (unpaired) electrons. The van der Waals surface area contributed by atoms with E-state index in [4.69, 9.17) is 9.26 Å². The van der Waals surface area contributed by atoms with Crippen molar-refractivity contribution in [3.8, 4) is 17.1 Å². The summed E-state index contributed by atoms with van der Waals surface area (Å²) >= 11 is 0. The van der Waals surface area contributed by atoms with Gasteiger partial charge < -0.3 is 9.26 Å². The van der Waals surface area contributed by atoms with E-state index in [1.165, 1.54) is 0 Å². The lowest BCUT2D eigenvalue weighted by molar-refractivity contribution is 0.359. The fraction of sp³-hybridized carbons (Fsp3) is 0.429. The van der Waals surface area contributed by atoms with Gasteiger partial charge >= 0.3 is 0 Å². The predicted octanol–water partition coefficient (Wildman–Crippen LogP) is 1.72. The van der Waals surface area contributed by atoms with Crippen LogP contribution in [-0.4, -0.2) is 37.2 Å². The van der Waals surface area contributed by atoms with Crippen molar-refractivity contribution >= 4 is 9.84 Å². The number of sulfone groups is 1. The molecule has 0 aliphatic carbocycles. The number of aromatic nitrogens is 2. The Kier molecular flexibility index (Phi) is 3.67. The summed E-state index contributed by atoms with van der Waals surface area (Å²) < 4.78 is 33.4. The van der Waals surface area contributed by atoms with E-state index in [0.29, 0.717) is 30.3 Å². The van der Waals surface area contributed by atoms with Crippen molar-refractivity contribution in [1.29, 1.82) is 0 Å². The first-order chi connectivity index (χ1) is 10.1. The van der Waals surface area contributed by atoms with E-state index in [2.05, 4.69) is 10.1 Å². The molecule has 1 aliphatic heterocycles. The van der Waals surface area contributed by atoms with Crippen LogP contribution in [0.1, 0.15) is 12.3 Å². The Hall–Kier alpha value is -1.89. The van der Waals surface area contributed by atoms with Crippen molar-refractivity contribution in [2.24, 2.45) is 5.92 Å². The summed E-state index contributed by atoms with van der Waals surface area (Å²) in [4.78, 5) is 4.35. The van der Waals surface area contributed by atoms with E-state index in [1.54, 1.807) is 7.11 Å². The molecule has 0 amide bonds. The molecule has 0 spiro atoms. The maximum absolute atomic E-state index is 11.5. The summed E-state index contributed by atoms with van der Waals surface area (Å²) in [7, 11) is -1.29. The molecule has 7 heteroatoms. The Morgan fingerprint density at radius 1 is 1.38 bits per heavy atom. The number of benzene rings is 1. The molecule has 2 heterocycles. The van der Waals surface area contributed by atoms with Crippen LogP contribution in [0.3, 0.4) is 0 Å². The standard InChI is InChI=1S/C14H16N2O4S/c1-19-12-5-3-2-4-11(12)14-15-13(20-16-14)8-10-6-7-21(17,18)9-10/h2-5,10H,6-9H2,1H3/t10-/m1/s1. The van der Waals surface area contributed by atoms with Gasteiger partial charge in [0.1, 0.15) is 5.75 Å². The molecule has 21 heavy (non-hydrogen) atoms. The Morgan fingerprint density at radius 3 is 2.90 bits per heavy atom. The molecule has 1 aromatic heterocycles. The minimum Gasteiger partial charge on any atom is -0.496 e. The number of hydrogen-bond donors (Lipinski definition) is 0. The summed E-state index contributed by atoms with van der Waals surface area (Å²) in [6.07, 6.45) is 1.16. The molecule has 1 saturated heterocycles. The zero-order valence-electron chi connectivity index (χ0n) is 11.7. The van der Waals surface area contributed by atoms with Gasteiger partial charge in [-0.15, -0.1) is 0 Å². The lowest BCUT2D eigenvalue weighted by Crippen LogP contribution is -2.07. The average Bonchev–Trinajstić information content (AvgIpc) is 3.06. The Bertz CT molecular complexity index is 739. The van der Waals surface area contributed by atoms with Crippen molar-refractivity contribution in [1.82, 2.24) is 10.1 Å². The fourth-order valence-corrected chi connectivity index (χ4v) is 4.42. The number of para-hydroxylation sites is 1. The third-order valence-electron chi connectivity index (χ3n) is 3.61. The summed E-state index contributed by atoms with van der Waals surface area (Å²) in [6, 6.07) is 7.42. The molecule has 2 aromatic rings. The van der Waals surface area contributed by atoms with Gasteiger partial charge in [-0.3, -0.25) is 0 Å². The minimum atomic E-state index is -2.88. The number of ether oxygens (including phenoxy) is 1. The van der Waals surface area contributed by atoms with E-state index < -0.39 is 9.84 Å². The van der Waals surface area contributed by atoms with Crippen LogP contribution in [-0.2, 0) is 16.3 Å². The van der Waals surface area contributed by atoms with Crippen molar-refractivity contribution in [3.63, 3.8) is 0 Å². The largest absolute Gasteiger partial charge is 0.496 e. The molecule has 0 N–H and O–H groups in total. The molecular formula is C14H16N2O4S. The third-order valence-corrected chi connectivity index (χ3v) is 5.44. The van der Waals surface area contributed by atoms with E-state index in [1.807, 2.05) is 24.3 Å². The minimum absolute atomic E-state index is 0.0703. The van der Waals surface area contributed by atoms with Crippen molar-refractivity contribution in [2.45, 2.75) is 12.8 Å². The zero-order valence-corrected chi connectivity index (χ0v) is 12.5. The molecule has 1 fully saturated rings. The number of nitrogens with zero attached hydrogens (tertiary/aromatic N) is 2. The third kappa shape index (κ3) is 3.07. The monoisotopic (exact) mass is 308 g/mol. The van der Waals surface area contributed by atoms with Crippen LogP contribution in [0.4, 0.5) is 0 Å². The van der Waals surface area contributed by atoms with Crippen LogP contribution in [0, 0.1) is 5.92 Å². The molecule has 0 bridgehead atoms. The second-order valence-corrected chi connectivity index (χ2v) is 7.41. The highest BCUT2D eigenvalue weighted by molar-refractivity contribution is 7.91. The Balaban J connectivity index is 1.78. The van der Waals surface area contributed by atoms with Crippen molar-refractivity contribution in [3.05, 3.63) is 30.2 Å². The van der Waals surface area contributed by atoms with Gasteiger partial charge in [0.2, 0.25) is 11.7 Å². The molecule has 0 saturated carbocycles. The van der Waals surface area contributed by atoms with Gasteiger partial charge in [-0.25, -0.2) is 8.42 Å². The van der Waals surface area contributed by atoms with Gasteiger partial charge in [-0.05, 0) is 24.5 Å². The lowest BCUT2D eigenvalue weighted by Gasteiger charge is -2.03. The van der Waals surface area contributed by atoms with Crippen LogP contribution >= 0.6 is 0 Å². The van der Waals surface area contributed by atoms with Gasteiger partial charge in [-0.1, -0.05) is 17.3 Å². The normalized spacial score (nSPS) is 20.5. The fourth-order valence-electron chi connectivity index (χ4n) is 2.56. The highest BCUT2D eigenvalue weighted by atomic mass is 32.2. The number of methoxy groups -OCH3 is 1. The maximum atomic E-state index is 11.5. The van der Waals surface area contributed by atoms with E-state index in [9.17, 15) is 8.42 Å². The number of hydrogen-bond acceptors (Lipinski definition) is 6. The molecule has 1 aliphatic rings. The predicted molar refractivity (Wildman–Crippen MR) is 76.8 cm³/mol. The molecule has 6 nitrogen and oxygen atoms in total. The summed E-state index contributed by atoms with van der Waals surface area (Å²) in [5, 5.41) is 3.96. The second kappa shape index (κ2) is 5.48. The van der Waals surface area contributed by atoms with Crippen LogP contribution in [0.25, 0.3) is 11.4 Å². The lowest BCUT2D eigenvalue weighted by atomic mass is 10.1. The smallest absolute Gasteiger partial charge is 0.227 e. The molecule has 0 unspecified atom stereocenters. The molecule has 1 aromatic carbocycles. The number of rotatable bonds is 4. The topological polar surface area (TPSA) is 82.3 Å². The molecule has 112 valence electrons. The van der Waals surface area contributed by atoms with Crippen LogP contribution in [0.5, 0.6) is 5.75 Å². The van der Waals surface area contributed by atoms with Gasteiger partial charge in [0.25, 0.3) is 0 Å². The average molecular weight is 308 g/mol. The van der Waals surface area contributed by atoms with Gasteiger partial charge in [0.05, 0.1) is 24.2 Å². The molecule has 3 rings (SSSR count). The summed E-state index contributed by atoms with van der Waals surface area (Å²) in [6.45, 7) is 0. The first-order valence-corrected chi connectivity index (χ1v) is 8.56. The molecular weight excluding hydrogens is 292 g/mol.